The molecule has 4 nitrogen and oxygen atoms in total. The third-order valence-corrected chi connectivity index (χ3v) is 2.16. The molecule has 0 aliphatic rings. The van der Waals surface area contributed by atoms with E-state index in [2.05, 4.69) is 10.3 Å². The summed E-state index contributed by atoms with van der Waals surface area (Å²) in [6, 6.07) is 3.27. The van der Waals surface area contributed by atoms with E-state index in [0.29, 0.717) is 5.69 Å². The summed E-state index contributed by atoms with van der Waals surface area (Å²) in [4.78, 5) is 14.3. The Bertz CT molecular complexity index is 280. The van der Waals surface area contributed by atoms with Crippen LogP contribution in [0, 0.1) is 5.92 Å². The molecule has 14 heavy (non-hydrogen) atoms. The van der Waals surface area contributed by atoms with Crippen molar-refractivity contribution >= 4 is 5.91 Å². The number of H-pyrrole nitrogens is 1. The van der Waals surface area contributed by atoms with Crippen LogP contribution in [-0.4, -0.2) is 28.6 Å². The molecule has 0 radical (unpaired) electrons. The van der Waals surface area contributed by atoms with Crippen LogP contribution in [0.5, 0.6) is 0 Å². The quantitative estimate of drug-likeness (QED) is 0.665. The van der Waals surface area contributed by atoms with Crippen LogP contribution >= 0.6 is 0 Å². The van der Waals surface area contributed by atoms with Crippen molar-refractivity contribution in [3.05, 3.63) is 24.0 Å². The second-order valence-corrected chi connectivity index (χ2v) is 3.59. The summed E-state index contributed by atoms with van der Waals surface area (Å²) in [5, 5.41) is 11.8. The van der Waals surface area contributed by atoms with E-state index in [1.54, 1.807) is 18.3 Å². The monoisotopic (exact) mass is 196 g/mol. The Balaban J connectivity index is 2.56. The van der Waals surface area contributed by atoms with Crippen molar-refractivity contribution in [1.82, 2.24) is 10.3 Å². The minimum absolute atomic E-state index is 0.0376. The first-order valence-corrected chi connectivity index (χ1v) is 4.70. The first-order chi connectivity index (χ1) is 6.65. The van der Waals surface area contributed by atoms with Crippen molar-refractivity contribution in [2.24, 2.45) is 5.92 Å². The van der Waals surface area contributed by atoms with E-state index in [4.69, 9.17) is 5.11 Å². The maximum atomic E-state index is 11.5. The van der Waals surface area contributed by atoms with E-state index in [0.717, 1.165) is 0 Å². The molecule has 1 atom stereocenters. The number of carbonyl (C=O) groups is 1. The van der Waals surface area contributed by atoms with Gasteiger partial charge in [0, 0.05) is 6.20 Å². The van der Waals surface area contributed by atoms with Gasteiger partial charge in [0.15, 0.2) is 0 Å². The van der Waals surface area contributed by atoms with Crippen molar-refractivity contribution in [2.75, 3.05) is 6.61 Å². The molecule has 1 rings (SSSR count). The van der Waals surface area contributed by atoms with Gasteiger partial charge in [0.05, 0.1) is 12.6 Å². The fraction of sp³-hybridized carbons (Fsp3) is 0.500. The molecule has 4 heteroatoms. The molecule has 0 aromatic carbocycles. The Morgan fingerprint density at radius 1 is 1.64 bits per heavy atom. The molecule has 0 saturated heterocycles. The van der Waals surface area contributed by atoms with Crippen LogP contribution in [0.15, 0.2) is 18.3 Å². The average molecular weight is 196 g/mol. The molecular formula is C10H16N2O2. The Hall–Kier alpha value is -1.29. The standard InChI is InChI=1S/C10H16N2O2/c1-7(2)9(6-13)12-10(14)8-4-3-5-11-8/h3-5,7,9,11,13H,6H2,1-2H3,(H,12,14)/t9-/m1/s1. The summed E-state index contributed by atoms with van der Waals surface area (Å²) in [5.41, 5.74) is 0.518. The SMILES string of the molecule is CC(C)[C@@H](CO)NC(=O)c1ccc[nH]1. The molecule has 0 aliphatic heterocycles. The van der Waals surface area contributed by atoms with Crippen LogP contribution in [0.3, 0.4) is 0 Å². The largest absolute Gasteiger partial charge is 0.394 e. The number of hydrogen-bond donors (Lipinski definition) is 3. The van der Waals surface area contributed by atoms with E-state index in [1.807, 2.05) is 13.8 Å². The Labute approximate surface area is 83.3 Å². The number of aliphatic hydroxyl groups is 1. The predicted octanol–water partition coefficient (Wildman–Crippen LogP) is 0.761. The molecule has 1 amide bonds. The lowest BCUT2D eigenvalue weighted by Gasteiger charge is -2.19. The van der Waals surface area contributed by atoms with Gasteiger partial charge in [-0.1, -0.05) is 13.8 Å². The smallest absolute Gasteiger partial charge is 0.267 e. The van der Waals surface area contributed by atoms with Crippen molar-refractivity contribution in [3.63, 3.8) is 0 Å². The third kappa shape index (κ3) is 2.60. The van der Waals surface area contributed by atoms with Crippen molar-refractivity contribution in [1.29, 1.82) is 0 Å². The summed E-state index contributed by atoms with van der Waals surface area (Å²) in [7, 11) is 0. The Morgan fingerprint density at radius 3 is 2.79 bits per heavy atom. The maximum Gasteiger partial charge on any atom is 0.267 e. The van der Waals surface area contributed by atoms with Crippen LogP contribution in [-0.2, 0) is 0 Å². The van der Waals surface area contributed by atoms with Crippen molar-refractivity contribution in [2.45, 2.75) is 19.9 Å². The zero-order valence-corrected chi connectivity index (χ0v) is 8.45. The number of nitrogens with one attached hydrogen (secondary N) is 2. The number of hydrogen-bond acceptors (Lipinski definition) is 2. The van der Waals surface area contributed by atoms with Gasteiger partial charge in [0.2, 0.25) is 0 Å². The fourth-order valence-electron chi connectivity index (χ4n) is 1.14. The second-order valence-electron chi connectivity index (χ2n) is 3.59. The molecule has 1 aromatic rings. The average Bonchev–Trinajstić information content (AvgIpc) is 2.65. The first-order valence-electron chi connectivity index (χ1n) is 4.70. The number of aliphatic hydroxyl groups excluding tert-OH is 1. The molecule has 0 unspecified atom stereocenters. The number of rotatable bonds is 4. The third-order valence-electron chi connectivity index (χ3n) is 2.16. The lowest BCUT2D eigenvalue weighted by atomic mass is 10.1. The van der Waals surface area contributed by atoms with E-state index >= 15 is 0 Å². The molecule has 78 valence electrons. The van der Waals surface area contributed by atoms with Crippen LogP contribution < -0.4 is 5.32 Å². The summed E-state index contributed by atoms with van der Waals surface area (Å²) in [5.74, 6) is 0.0432. The first kappa shape index (κ1) is 10.8. The van der Waals surface area contributed by atoms with Gasteiger partial charge in [-0.25, -0.2) is 0 Å². The molecule has 0 aliphatic carbocycles. The highest BCUT2D eigenvalue weighted by Gasteiger charge is 2.16. The van der Waals surface area contributed by atoms with Crippen LogP contribution in [0.2, 0.25) is 0 Å². The van der Waals surface area contributed by atoms with Crippen LogP contribution in [0.1, 0.15) is 24.3 Å². The number of carbonyl (C=O) groups excluding carboxylic acids is 1. The Kier molecular flexibility index (Phi) is 3.71. The highest BCUT2D eigenvalue weighted by atomic mass is 16.3. The topological polar surface area (TPSA) is 65.1 Å². The van der Waals surface area contributed by atoms with Gasteiger partial charge >= 0.3 is 0 Å². The van der Waals surface area contributed by atoms with Gasteiger partial charge in [-0.3, -0.25) is 4.79 Å². The number of amides is 1. The fourth-order valence-corrected chi connectivity index (χ4v) is 1.14. The molecule has 0 fully saturated rings. The molecule has 0 spiro atoms. The van der Waals surface area contributed by atoms with Crippen molar-refractivity contribution < 1.29 is 9.90 Å². The van der Waals surface area contributed by atoms with Crippen LogP contribution in [0.4, 0.5) is 0 Å². The molecular weight excluding hydrogens is 180 g/mol. The van der Waals surface area contributed by atoms with Crippen LogP contribution in [0.25, 0.3) is 0 Å². The molecule has 1 heterocycles. The summed E-state index contributed by atoms with van der Waals surface area (Å²) >= 11 is 0. The van der Waals surface area contributed by atoms with E-state index in [9.17, 15) is 4.79 Å². The summed E-state index contributed by atoms with van der Waals surface area (Å²) < 4.78 is 0. The predicted molar refractivity (Wildman–Crippen MR) is 54.0 cm³/mol. The lowest BCUT2D eigenvalue weighted by molar-refractivity contribution is 0.0892. The minimum Gasteiger partial charge on any atom is -0.394 e. The van der Waals surface area contributed by atoms with E-state index in [1.165, 1.54) is 0 Å². The van der Waals surface area contributed by atoms with Crippen molar-refractivity contribution in [3.8, 4) is 0 Å². The maximum absolute atomic E-state index is 11.5. The van der Waals surface area contributed by atoms with Gasteiger partial charge in [-0.2, -0.15) is 0 Å². The molecule has 0 bridgehead atoms. The van der Waals surface area contributed by atoms with E-state index < -0.39 is 0 Å². The highest BCUT2D eigenvalue weighted by Crippen LogP contribution is 2.02. The number of aromatic nitrogens is 1. The van der Waals surface area contributed by atoms with Gasteiger partial charge in [-0.05, 0) is 18.1 Å². The van der Waals surface area contributed by atoms with Gasteiger partial charge in [0.25, 0.3) is 5.91 Å². The highest BCUT2D eigenvalue weighted by molar-refractivity contribution is 5.92. The minimum atomic E-state index is -0.189. The zero-order chi connectivity index (χ0) is 10.6. The zero-order valence-electron chi connectivity index (χ0n) is 8.45. The molecule has 0 saturated carbocycles. The van der Waals surface area contributed by atoms with Gasteiger partial charge < -0.3 is 15.4 Å². The second kappa shape index (κ2) is 4.81. The van der Waals surface area contributed by atoms with Gasteiger partial charge in [-0.15, -0.1) is 0 Å². The van der Waals surface area contributed by atoms with Gasteiger partial charge in [0.1, 0.15) is 5.69 Å². The summed E-state index contributed by atoms with van der Waals surface area (Å²) in [6.07, 6.45) is 1.69. The molecule has 1 aromatic heterocycles. The van der Waals surface area contributed by atoms with E-state index in [-0.39, 0.29) is 24.5 Å². The lowest BCUT2D eigenvalue weighted by Crippen LogP contribution is -2.41. The number of aromatic amines is 1. The summed E-state index contributed by atoms with van der Waals surface area (Å²) in [6.45, 7) is 3.87. The Morgan fingerprint density at radius 2 is 2.36 bits per heavy atom. The molecule has 3 N–H and O–H groups in total. The normalized spacial score (nSPS) is 12.9.